The highest BCUT2D eigenvalue weighted by Gasteiger charge is 2.26. The Labute approximate surface area is 151 Å². The van der Waals surface area contributed by atoms with E-state index in [0.29, 0.717) is 24.7 Å². The summed E-state index contributed by atoms with van der Waals surface area (Å²) in [5, 5.41) is 14.3. The summed E-state index contributed by atoms with van der Waals surface area (Å²) >= 11 is 0. The van der Waals surface area contributed by atoms with Crippen LogP contribution in [0.25, 0.3) is 0 Å². The molecular formula is C18H23N3O5. The second-order valence-corrected chi connectivity index (χ2v) is 7.05. The van der Waals surface area contributed by atoms with Gasteiger partial charge in [0.05, 0.1) is 10.5 Å². The molecule has 0 atom stereocenters. The van der Waals surface area contributed by atoms with Crippen LogP contribution in [0, 0.1) is 16.0 Å². The number of amides is 1. The Hall–Kier alpha value is -2.64. The minimum Gasteiger partial charge on any atom is -0.452 e. The zero-order chi connectivity index (χ0) is 18.7. The second-order valence-electron chi connectivity index (χ2n) is 7.05. The van der Waals surface area contributed by atoms with Crippen LogP contribution in [-0.4, -0.2) is 47.4 Å². The summed E-state index contributed by atoms with van der Waals surface area (Å²) in [6.07, 6.45) is 3.86. The van der Waals surface area contributed by atoms with Gasteiger partial charge in [-0.05, 0) is 43.7 Å². The monoisotopic (exact) mass is 361 g/mol. The number of nitro groups is 1. The van der Waals surface area contributed by atoms with Crippen molar-refractivity contribution in [3.63, 3.8) is 0 Å². The Morgan fingerprint density at radius 1 is 1.27 bits per heavy atom. The van der Waals surface area contributed by atoms with Crippen LogP contribution in [0.1, 0.15) is 43.0 Å². The number of nitrogens with zero attached hydrogens (tertiary/aromatic N) is 2. The number of anilines is 1. The van der Waals surface area contributed by atoms with E-state index in [2.05, 4.69) is 12.2 Å². The fourth-order valence-electron chi connectivity index (χ4n) is 2.94. The van der Waals surface area contributed by atoms with Gasteiger partial charge in [-0.2, -0.15) is 0 Å². The molecule has 0 unspecified atom stereocenters. The largest absolute Gasteiger partial charge is 0.452 e. The third-order valence-corrected chi connectivity index (χ3v) is 4.83. The van der Waals surface area contributed by atoms with Crippen LogP contribution in [0.5, 0.6) is 0 Å². The molecule has 1 saturated carbocycles. The van der Waals surface area contributed by atoms with Crippen LogP contribution in [0.2, 0.25) is 0 Å². The highest BCUT2D eigenvalue weighted by atomic mass is 16.6. The normalized spacial score (nSPS) is 17.7. The van der Waals surface area contributed by atoms with Crippen molar-refractivity contribution in [3.8, 4) is 0 Å². The topological polar surface area (TPSA) is 102 Å². The predicted octanol–water partition coefficient (Wildman–Crippen LogP) is 2.58. The van der Waals surface area contributed by atoms with Crippen LogP contribution in [0.3, 0.4) is 0 Å². The number of carbonyl (C=O) groups excluding carboxylic acids is 2. The van der Waals surface area contributed by atoms with Gasteiger partial charge < -0.3 is 15.0 Å². The van der Waals surface area contributed by atoms with Gasteiger partial charge in [0.2, 0.25) is 0 Å². The van der Waals surface area contributed by atoms with Gasteiger partial charge in [0.25, 0.3) is 11.6 Å². The van der Waals surface area contributed by atoms with Gasteiger partial charge in [-0.25, -0.2) is 4.79 Å². The van der Waals surface area contributed by atoms with E-state index in [9.17, 15) is 19.7 Å². The maximum atomic E-state index is 12.2. The first-order valence-electron chi connectivity index (χ1n) is 8.94. The Kier molecular flexibility index (Phi) is 5.39. The van der Waals surface area contributed by atoms with Gasteiger partial charge in [0.1, 0.15) is 5.69 Å². The van der Waals surface area contributed by atoms with Crippen molar-refractivity contribution in [3.05, 3.63) is 33.9 Å². The van der Waals surface area contributed by atoms with E-state index in [1.165, 1.54) is 18.2 Å². The molecule has 3 rings (SSSR count). The van der Waals surface area contributed by atoms with Gasteiger partial charge in [-0.1, -0.05) is 6.92 Å². The van der Waals surface area contributed by atoms with E-state index in [1.54, 1.807) is 4.90 Å². The number of benzene rings is 1. The molecule has 1 aliphatic carbocycles. The maximum Gasteiger partial charge on any atom is 0.338 e. The van der Waals surface area contributed by atoms with Crippen molar-refractivity contribution >= 4 is 23.3 Å². The summed E-state index contributed by atoms with van der Waals surface area (Å²) in [5.74, 6) is -0.360. The molecule has 0 bridgehead atoms. The Morgan fingerprint density at radius 2 is 1.96 bits per heavy atom. The molecule has 140 valence electrons. The van der Waals surface area contributed by atoms with Crippen LogP contribution in [0.4, 0.5) is 11.4 Å². The van der Waals surface area contributed by atoms with Gasteiger partial charge in [0, 0.05) is 25.2 Å². The minimum absolute atomic E-state index is 0.0677. The van der Waals surface area contributed by atoms with E-state index in [0.717, 1.165) is 25.7 Å². The average Bonchev–Trinajstić information content (AvgIpc) is 3.44. The standard InChI is InChI=1S/C18H23N3O5/c1-12-6-8-20(9-7-12)17(22)11-26-18(23)13-2-5-15(19-14-3-4-14)16(10-13)21(24)25/h2,5,10,12,14,19H,3-4,6-9,11H2,1H3. The smallest absolute Gasteiger partial charge is 0.338 e. The number of piperidine rings is 1. The van der Waals surface area contributed by atoms with Crippen LogP contribution >= 0.6 is 0 Å². The number of rotatable bonds is 6. The predicted molar refractivity (Wildman–Crippen MR) is 95.0 cm³/mol. The molecule has 1 aromatic carbocycles. The highest BCUT2D eigenvalue weighted by Crippen LogP contribution is 2.31. The number of likely N-dealkylation sites (tertiary alicyclic amines) is 1. The number of hydrogen-bond acceptors (Lipinski definition) is 6. The molecule has 1 heterocycles. The van der Waals surface area contributed by atoms with Gasteiger partial charge >= 0.3 is 5.97 Å². The summed E-state index contributed by atoms with van der Waals surface area (Å²) in [7, 11) is 0. The van der Waals surface area contributed by atoms with Crippen molar-refractivity contribution in [2.24, 2.45) is 5.92 Å². The summed E-state index contributed by atoms with van der Waals surface area (Å²) in [4.78, 5) is 36.7. The first-order chi connectivity index (χ1) is 12.4. The zero-order valence-electron chi connectivity index (χ0n) is 14.8. The molecule has 8 heteroatoms. The van der Waals surface area contributed by atoms with Crippen molar-refractivity contribution in [2.45, 2.75) is 38.6 Å². The maximum absolute atomic E-state index is 12.2. The molecule has 1 aromatic rings. The summed E-state index contributed by atoms with van der Waals surface area (Å²) in [6.45, 7) is 3.15. The fraction of sp³-hybridized carbons (Fsp3) is 0.556. The van der Waals surface area contributed by atoms with E-state index in [4.69, 9.17) is 4.74 Å². The van der Waals surface area contributed by atoms with Crippen molar-refractivity contribution in [1.29, 1.82) is 0 Å². The highest BCUT2D eigenvalue weighted by molar-refractivity contribution is 5.93. The van der Waals surface area contributed by atoms with E-state index >= 15 is 0 Å². The third-order valence-electron chi connectivity index (χ3n) is 4.83. The van der Waals surface area contributed by atoms with Crippen molar-refractivity contribution in [2.75, 3.05) is 25.0 Å². The molecular weight excluding hydrogens is 338 g/mol. The molecule has 0 spiro atoms. The molecule has 1 saturated heterocycles. The molecule has 1 aliphatic heterocycles. The second kappa shape index (κ2) is 7.72. The number of nitrogens with one attached hydrogen (secondary N) is 1. The van der Waals surface area contributed by atoms with E-state index in [-0.39, 0.29) is 29.8 Å². The summed E-state index contributed by atoms with van der Waals surface area (Å²) in [5.41, 5.74) is 0.299. The Morgan fingerprint density at radius 3 is 2.58 bits per heavy atom. The lowest BCUT2D eigenvalue weighted by atomic mass is 9.99. The summed E-state index contributed by atoms with van der Waals surface area (Å²) < 4.78 is 5.06. The van der Waals surface area contributed by atoms with Gasteiger partial charge in [-0.3, -0.25) is 14.9 Å². The molecule has 0 aromatic heterocycles. The quantitative estimate of drug-likeness (QED) is 0.475. The number of ether oxygens (including phenoxy) is 1. The van der Waals surface area contributed by atoms with Crippen LogP contribution in [-0.2, 0) is 9.53 Å². The van der Waals surface area contributed by atoms with Crippen LogP contribution < -0.4 is 5.32 Å². The Bertz CT molecular complexity index is 709. The fourth-order valence-corrected chi connectivity index (χ4v) is 2.94. The summed E-state index contributed by atoms with van der Waals surface area (Å²) in [6, 6.07) is 4.45. The molecule has 1 N–H and O–H groups in total. The van der Waals surface area contributed by atoms with Crippen molar-refractivity contribution in [1.82, 2.24) is 4.90 Å². The van der Waals surface area contributed by atoms with Crippen LogP contribution in [0.15, 0.2) is 18.2 Å². The first-order valence-corrected chi connectivity index (χ1v) is 8.94. The SMILES string of the molecule is CC1CCN(C(=O)COC(=O)c2ccc(NC3CC3)c([N+](=O)[O-])c2)CC1. The number of nitro benzene ring substituents is 1. The van der Waals surface area contributed by atoms with Gasteiger partial charge in [0.15, 0.2) is 6.61 Å². The zero-order valence-corrected chi connectivity index (χ0v) is 14.8. The Balaban J connectivity index is 1.59. The molecule has 2 aliphatic rings. The van der Waals surface area contributed by atoms with E-state index < -0.39 is 10.9 Å². The lowest BCUT2D eigenvalue weighted by molar-refractivity contribution is -0.384. The minimum atomic E-state index is -0.732. The molecule has 1 amide bonds. The van der Waals surface area contributed by atoms with E-state index in [1.807, 2.05) is 0 Å². The number of esters is 1. The molecule has 2 fully saturated rings. The third kappa shape index (κ3) is 4.50. The molecule has 8 nitrogen and oxygen atoms in total. The lowest BCUT2D eigenvalue weighted by Gasteiger charge is -2.30. The average molecular weight is 361 g/mol. The number of carbonyl (C=O) groups is 2. The van der Waals surface area contributed by atoms with Gasteiger partial charge in [-0.15, -0.1) is 0 Å². The molecule has 0 radical (unpaired) electrons. The first kappa shape index (κ1) is 18.2. The number of hydrogen-bond donors (Lipinski definition) is 1. The molecule has 26 heavy (non-hydrogen) atoms. The lowest BCUT2D eigenvalue weighted by Crippen LogP contribution is -2.40. The van der Waals surface area contributed by atoms with Crippen molar-refractivity contribution < 1.29 is 19.2 Å².